The fourth-order valence-electron chi connectivity index (χ4n) is 4.01. The van der Waals surface area contributed by atoms with Crippen LogP contribution in [-0.4, -0.2) is 0 Å². The van der Waals surface area contributed by atoms with Gasteiger partial charge in [-0.1, -0.05) is 97.1 Å². The molecule has 2 heterocycles. The van der Waals surface area contributed by atoms with Gasteiger partial charge in [-0.05, 0) is 12.1 Å². The summed E-state index contributed by atoms with van der Waals surface area (Å²) < 4.78 is 0. The largest absolute Gasteiger partial charge is 0.357 e. The second-order valence-corrected chi connectivity index (χ2v) is 7.81. The molecule has 0 amide bonds. The topological polar surface area (TPSA) is 49.0 Å². The van der Waals surface area contributed by atoms with Crippen LogP contribution < -0.4 is 21.2 Å². The Morgan fingerprint density at radius 1 is 0.441 bits per heavy atom. The fourth-order valence-corrected chi connectivity index (χ4v) is 4.01. The summed E-state index contributed by atoms with van der Waals surface area (Å²) in [4.78, 5) is 12.3. The van der Waals surface area contributed by atoms with E-state index in [1.54, 1.807) is 10.3 Å². The van der Waals surface area contributed by atoms with Gasteiger partial charge in [0.2, 0.25) is 0 Å². The Morgan fingerprint density at radius 2 is 0.824 bits per heavy atom. The Hall–Kier alpha value is -4.84. The van der Waals surface area contributed by atoms with Crippen LogP contribution in [0, 0.1) is 0 Å². The van der Waals surface area contributed by atoms with Crippen molar-refractivity contribution in [3.05, 3.63) is 133 Å². The Kier molecular flexibility index (Phi) is 5.01. The average molecular weight is 447 g/mol. The van der Waals surface area contributed by atoms with Gasteiger partial charge in [-0.25, -0.2) is 0 Å². The van der Waals surface area contributed by atoms with Crippen molar-refractivity contribution in [2.75, 3.05) is 10.3 Å². The van der Waals surface area contributed by atoms with Crippen LogP contribution in [0.1, 0.15) is 11.1 Å². The molecule has 4 aromatic rings. The highest BCUT2D eigenvalue weighted by molar-refractivity contribution is 5.87. The van der Waals surface area contributed by atoms with Crippen molar-refractivity contribution in [2.24, 2.45) is 0 Å². The van der Waals surface area contributed by atoms with Crippen LogP contribution in [0.5, 0.6) is 0 Å². The summed E-state index contributed by atoms with van der Waals surface area (Å²) in [6.07, 6.45) is 3.72. The van der Waals surface area contributed by atoms with Gasteiger partial charge in [0.15, 0.2) is 11.5 Å². The van der Waals surface area contributed by atoms with E-state index in [2.05, 4.69) is 23.0 Å². The van der Waals surface area contributed by atoms with Crippen LogP contribution in [-0.2, 0) is 9.68 Å². The van der Waals surface area contributed by atoms with E-state index in [1.807, 2.05) is 109 Å². The highest BCUT2D eigenvalue weighted by Gasteiger charge is 2.25. The molecule has 6 nitrogen and oxygen atoms in total. The first-order chi connectivity index (χ1) is 16.9. The minimum atomic E-state index is 0.755. The van der Waals surface area contributed by atoms with Gasteiger partial charge in [-0.3, -0.25) is 10.9 Å². The molecule has 0 fully saturated rings. The molecular weight excluding hydrogens is 424 g/mol. The van der Waals surface area contributed by atoms with Gasteiger partial charge in [0, 0.05) is 22.3 Å². The lowest BCUT2D eigenvalue weighted by Crippen LogP contribution is -2.30. The van der Waals surface area contributed by atoms with E-state index in [0.29, 0.717) is 0 Å². The molecule has 34 heavy (non-hydrogen) atoms. The molecule has 0 saturated heterocycles. The van der Waals surface area contributed by atoms with Crippen LogP contribution in [0.2, 0.25) is 0 Å². The molecule has 0 spiro atoms. The highest BCUT2D eigenvalue weighted by atomic mass is 16.7. The Morgan fingerprint density at radius 3 is 1.26 bits per heavy atom. The van der Waals surface area contributed by atoms with Crippen molar-refractivity contribution in [1.82, 2.24) is 10.9 Å². The third kappa shape index (κ3) is 3.67. The van der Waals surface area contributed by atoms with E-state index >= 15 is 0 Å². The molecule has 0 bridgehead atoms. The number of nitrogens with zero attached hydrogens (tertiary/aromatic N) is 2. The first-order valence-electron chi connectivity index (χ1n) is 11.0. The maximum Gasteiger partial charge on any atom is 0.182 e. The summed E-state index contributed by atoms with van der Waals surface area (Å²) in [7, 11) is 0. The quantitative estimate of drug-likeness (QED) is 0.400. The lowest BCUT2D eigenvalue weighted by molar-refractivity contribution is 0.242. The summed E-state index contributed by atoms with van der Waals surface area (Å²) >= 11 is 0. The number of para-hydroxylation sites is 2. The SMILES string of the molecule is C1=C(c2ccccc2)ON(c2ccccc2-c2ccccc2N2NC=C(c3ccccc3)O2)N1. The maximum atomic E-state index is 6.15. The molecule has 2 aliphatic rings. The van der Waals surface area contributed by atoms with E-state index in [1.165, 1.54) is 0 Å². The van der Waals surface area contributed by atoms with E-state index in [9.17, 15) is 0 Å². The molecule has 0 aliphatic carbocycles. The van der Waals surface area contributed by atoms with Crippen LogP contribution >= 0.6 is 0 Å². The highest BCUT2D eigenvalue weighted by Crippen LogP contribution is 2.39. The molecule has 0 atom stereocenters. The zero-order valence-corrected chi connectivity index (χ0v) is 18.3. The summed E-state index contributed by atoms with van der Waals surface area (Å²) in [6.45, 7) is 0. The number of hydrogen-bond donors (Lipinski definition) is 2. The summed E-state index contributed by atoms with van der Waals surface area (Å²) in [5.74, 6) is 1.51. The van der Waals surface area contributed by atoms with Crippen molar-refractivity contribution in [3.8, 4) is 11.1 Å². The third-order valence-electron chi connectivity index (χ3n) is 5.66. The number of benzene rings is 4. The Balaban J connectivity index is 1.29. The molecule has 2 N–H and O–H groups in total. The molecule has 6 heteroatoms. The van der Waals surface area contributed by atoms with E-state index in [0.717, 1.165) is 45.1 Å². The van der Waals surface area contributed by atoms with Crippen molar-refractivity contribution in [2.45, 2.75) is 0 Å². The fraction of sp³-hybridized carbons (Fsp3) is 0. The van der Waals surface area contributed by atoms with E-state index in [4.69, 9.17) is 9.68 Å². The van der Waals surface area contributed by atoms with Crippen LogP contribution in [0.4, 0.5) is 11.4 Å². The number of hydrazine groups is 2. The van der Waals surface area contributed by atoms with Crippen molar-refractivity contribution in [1.29, 1.82) is 0 Å². The number of anilines is 2. The van der Waals surface area contributed by atoms with Crippen LogP contribution in [0.15, 0.2) is 122 Å². The second kappa shape index (κ2) is 8.60. The molecule has 4 aromatic carbocycles. The normalized spacial score (nSPS) is 14.5. The zero-order valence-electron chi connectivity index (χ0n) is 18.3. The van der Waals surface area contributed by atoms with Crippen LogP contribution in [0.3, 0.4) is 0 Å². The standard InChI is InChI=1S/C28H22N4O2/c1-3-11-21(12-4-1)27-19-29-31(33-27)25-17-9-7-15-23(25)24-16-8-10-18-26(24)32-30-20-28(34-32)22-13-5-2-6-14-22/h1-20,29-30H. The molecule has 0 radical (unpaired) electrons. The molecule has 166 valence electrons. The number of nitrogens with one attached hydrogen (secondary N) is 2. The monoisotopic (exact) mass is 446 g/mol. The number of hydrogen-bond acceptors (Lipinski definition) is 6. The lowest BCUT2D eigenvalue weighted by Gasteiger charge is -2.24. The van der Waals surface area contributed by atoms with Gasteiger partial charge in [0.05, 0.1) is 12.4 Å². The third-order valence-corrected chi connectivity index (χ3v) is 5.66. The smallest absolute Gasteiger partial charge is 0.182 e. The zero-order chi connectivity index (χ0) is 22.7. The van der Waals surface area contributed by atoms with Gasteiger partial charge in [0.1, 0.15) is 11.4 Å². The van der Waals surface area contributed by atoms with Gasteiger partial charge in [0.25, 0.3) is 0 Å². The van der Waals surface area contributed by atoms with Crippen molar-refractivity contribution < 1.29 is 9.68 Å². The summed E-state index contributed by atoms with van der Waals surface area (Å²) in [5.41, 5.74) is 12.2. The van der Waals surface area contributed by atoms with Gasteiger partial charge in [-0.15, -0.1) is 10.3 Å². The summed E-state index contributed by atoms with van der Waals surface area (Å²) in [6, 6.07) is 36.2. The molecule has 0 aromatic heterocycles. The van der Waals surface area contributed by atoms with Crippen molar-refractivity contribution >= 4 is 22.9 Å². The first-order valence-corrected chi connectivity index (χ1v) is 11.0. The minimum Gasteiger partial charge on any atom is -0.357 e. The summed E-state index contributed by atoms with van der Waals surface area (Å²) in [5, 5.41) is 3.36. The molecule has 2 aliphatic heterocycles. The maximum absolute atomic E-state index is 6.15. The van der Waals surface area contributed by atoms with E-state index < -0.39 is 0 Å². The van der Waals surface area contributed by atoms with Gasteiger partial charge < -0.3 is 9.68 Å². The Labute approximate surface area is 197 Å². The van der Waals surface area contributed by atoms with Crippen LogP contribution in [0.25, 0.3) is 22.6 Å². The minimum absolute atomic E-state index is 0.755. The molecule has 6 rings (SSSR count). The molecule has 0 saturated carbocycles. The van der Waals surface area contributed by atoms with E-state index in [-0.39, 0.29) is 0 Å². The predicted octanol–water partition coefficient (Wildman–Crippen LogP) is 5.86. The van der Waals surface area contributed by atoms with Crippen molar-refractivity contribution in [3.63, 3.8) is 0 Å². The van der Waals surface area contributed by atoms with Gasteiger partial charge >= 0.3 is 0 Å². The molecule has 0 unspecified atom stereocenters. The number of rotatable bonds is 5. The van der Waals surface area contributed by atoms with Gasteiger partial charge in [-0.2, -0.15) is 0 Å². The first kappa shape index (κ1) is 19.8. The predicted molar refractivity (Wildman–Crippen MR) is 134 cm³/mol. The lowest BCUT2D eigenvalue weighted by atomic mass is 10.0. The Bertz CT molecular complexity index is 1260. The molecular formula is C28H22N4O2. The second-order valence-electron chi connectivity index (χ2n) is 7.81. The average Bonchev–Trinajstić information content (AvgIpc) is 3.61.